The van der Waals surface area contributed by atoms with Crippen LogP contribution in [0.15, 0.2) is 0 Å². The van der Waals surface area contributed by atoms with Gasteiger partial charge in [-0.2, -0.15) is 8.42 Å². The van der Waals surface area contributed by atoms with Gasteiger partial charge in [-0.1, -0.05) is 12.8 Å². The first-order valence-electron chi connectivity index (χ1n) is 5.78. The highest BCUT2D eigenvalue weighted by molar-refractivity contribution is 8.01. The smallest absolute Gasteiger partial charge is 0.324 e. The largest absolute Gasteiger partial charge is 0.366 e. The molecule has 0 spiro atoms. The lowest BCUT2D eigenvalue weighted by Crippen LogP contribution is -2.51. The van der Waals surface area contributed by atoms with Crippen LogP contribution >= 0.6 is 0 Å². The van der Waals surface area contributed by atoms with Crippen LogP contribution in [0.4, 0.5) is 4.79 Å². The van der Waals surface area contributed by atoms with E-state index in [0.29, 0.717) is 12.5 Å². The number of hydrogen-bond acceptors (Lipinski definition) is 3. The number of nitrogens with zero attached hydrogens (tertiary/aromatic N) is 1. The van der Waals surface area contributed by atoms with Crippen LogP contribution in [0.2, 0.25) is 0 Å². The van der Waals surface area contributed by atoms with Gasteiger partial charge in [0, 0.05) is 12.6 Å². The Labute approximate surface area is 95.6 Å². The van der Waals surface area contributed by atoms with E-state index < -0.39 is 15.4 Å². The van der Waals surface area contributed by atoms with Crippen molar-refractivity contribution in [2.75, 3.05) is 6.54 Å². The number of amides is 1. The van der Waals surface area contributed by atoms with Crippen LogP contribution < -0.4 is 0 Å². The maximum atomic E-state index is 11.6. The first-order chi connectivity index (χ1) is 7.50. The van der Waals surface area contributed by atoms with Crippen molar-refractivity contribution in [1.82, 2.24) is 4.90 Å². The molecule has 2 fully saturated rings. The summed E-state index contributed by atoms with van der Waals surface area (Å²) in [7, 11) is -4.57. The zero-order chi connectivity index (χ0) is 11.8. The molecule has 0 bridgehead atoms. The number of likely N-dealkylation sites (tertiary alicyclic amines) is 1. The Bertz CT molecular complexity index is 376. The van der Waals surface area contributed by atoms with E-state index in [1.807, 2.05) is 0 Å². The average Bonchev–Trinajstić information content (AvgIpc) is 2.26. The summed E-state index contributed by atoms with van der Waals surface area (Å²) in [5.41, 5.74) is 0. The molecular formula is C10H17NO4S. The second kappa shape index (κ2) is 4.33. The molecule has 1 saturated heterocycles. The van der Waals surface area contributed by atoms with Crippen molar-refractivity contribution in [3.05, 3.63) is 0 Å². The second-order valence-electron chi connectivity index (χ2n) is 4.69. The topological polar surface area (TPSA) is 74.7 Å². The highest BCUT2D eigenvalue weighted by Crippen LogP contribution is 2.35. The highest BCUT2D eigenvalue weighted by atomic mass is 32.2. The quantitative estimate of drug-likeness (QED) is 0.660. The van der Waals surface area contributed by atoms with Gasteiger partial charge in [-0.05, 0) is 31.6 Å². The van der Waals surface area contributed by atoms with Gasteiger partial charge in [-0.25, -0.2) is 0 Å². The Morgan fingerprint density at radius 1 is 1.12 bits per heavy atom. The number of carbonyl (C=O) groups is 1. The van der Waals surface area contributed by atoms with Crippen molar-refractivity contribution < 1.29 is 17.8 Å². The zero-order valence-electron chi connectivity index (χ0n) is 9.13. The molecule has 6 heteroatoms. The van der Waals surface area contributed by atoms with Crippen LogP contribution in [0.3, 0.4) is 0 Å². The van der Waals surface area contributed by atoms with E-state index in [0.717, 1.165) is 38.5 Å². The van der Waals surface area contributed by atoms with Gasteiger partial charge in [0.05, 0.1) is 0 Å². The molecule has 5 nitrogen and oxygen atoms in total. The molecule has 2 rings (SSSR count). The van der Waals surface area contributed by atoms with E-state index >= 15 is 0 Å². The summed E-state index contributed by atoms with van der Waals surface area (Å²) in [6, 6.07) is 0.0249. The number of piperidine rings is 1. The van der Waals surface area contributed by atoms with Crippen molar-refractivity contribution in [2.24, 2.45) is 5.92 Å². The SMILES string of the molecule is O=C(N1CCCC2CCCCC21)S(=O)(=O)O. The third kappa shape index (κ3) is 2.22. The van der Waals surface area contributed by atoms with Crippen LogP contribution in [-0.2, 0) is 10.1 Å². The molecule has 1 heterocycles. The van der Waals surface area contributed by atoms with Crippen LogP contribution in [0.25, 0.3) is 0 Å². The van der Waals surface area contributed by atoms with Crippen LogP contribution in [0.5, 0.6) is 0 Å². The maximum Gasteiger partial charge on any atom is 0.366 e. The van der Waals surface area contributed by atoms with Gasteiger partial charge in [0.1, 0.15) is 0 Å². The summed E-state index contributed by atoms with van der Waals surface area (Å²) < 4.78 is 30.5. The summed E-state index contributed by atoms with van der Waals surface area (Å²) in [4.78, 5) is 12.9. The molecule has 0 aromatic rings. The van der Waals surface area contributed by atoms with Gasteiger partial charge in [0.25, 0.3) is 0 Å². The fourth-order valence-corrected chi connectivity index (χ4v) is 3.52. The maximum absolute atomic E-state index is 11.6. The fraction of sp³-hybridized carbons (Fsp3) is 0.900. The lowest BCUT2D eigenvalue weighted by Gasteiger charge is -2.43. The van der Waals surface area contributed by atoms with Gasteiger partial charge >= 0.3 is 15.4 Å². The van der Waals surface area contributed by atoms with Crippen molar-refractivity contribution in [1.29, 1.82) is 0 Å². The Hall–Kier alpha value is -0.620. The normalized spacial score (nSPS) is 30.9. The summed E-state index contributed by atoms with van der Waals surface area (Å²) >= 11 is 0. The molecule has 2 aliphatic rings. The van der Waals surface area contributed by atoms with Crippen LogP contribution in [0.1, 0.15) is 38.5 Å². The molecule has 92 valence electrons. The molecule has 0 aromatic carbocycles. The molecule has 2 atom stereocenters. The van der Waals surface area contributed by atoms with Crippen LogP contribution in [0, 0.1) is 5.92 Å². The first-order valence-corrected chi connectivity index (χ1v) is 7.22. The molecular weight excluding hydrogens is 230 g/mol. The van der Waals surface area contributed by atoms with Crippen molar-refractivity contribution in [3.63, 3.8) is 0 Å². The van der Waals surface area contributed by atoms with Crippen molar-refractivity contribution >= 4 is 15.4 Å². The summed E-state index contributed by atoms with van der Waals surface area (Å²) in [5.74, 6) is 0.424. The predicted molar refractivity (Wildman–Crippen MR) is 58.6 cm³/mol. The average molecular weight is 247 g/mol. The molecule has 2 unspecified atom stereocenters. The first kappa shape index (κ1) is 11.9. The molecule has 16 heavy (non-hydrogen) atoms. The summed E-state index contributed by atoms with van der Waals surface area (Å²) in [6.45, 7) is 0.458. The fourth-order valence-electron chi connectivity index (χ4n) is 3.00. The van der Waals surface area contributed by atoms with Crippen molar-refractivity contribution in [3.8, 4) is 0 Å². The molecule has 1 N–H and O–H groups in total. The van der Waals surface area contributed by atoms with E-state index in [1.165, 1.54) is 4.90 Å². The molecule has 0 aromatic heterocycles. The monoisotopic (exact) mass is 247 g/mol. The van der Waals surface area contributed by atoms with E-state index in [4.69, 9.17) is 4.55 Å². The van der Waals surface area contributed by atoms with Gasteiger partial charge in [0.15, 0.2) is 0 Å². The Morgan fingerprint density at radius 3 is 2.44 bits per heavy atom. The Morgan fingerprint density at radius 2 is 1.75 bits per heavy atom. The Balaban J connectivity index is 2.17. The van der Waals surface area contributed by atoms with E-state index in [2.05, 4.69) is 0 Å². The second-order valence-corrected chi connectivity index (χ2v) is 5.99. The Kier molecular flexibility index (Phi) is 3.21. The van der Waals surface area contributed by atoms with Gasteiger partial charge in [-0.15, -0.1) is 0 Å². The third-order valence-corrected chi connectivity index (χ3v) is 4.37. The van der Waals surface area contributed by atoms with Crippen molar-refractivity contribution in [2.45, 2.75) is 44.6 Å². The van der Waals surface area contributed by atoms with Gasteiger partial charge < -0.3 is 4.90 Å². The minimum Gasteiger partial charge on any atom is -0.324 e. The molecule has 1 amide bonds. The molecule has 0 radical (unpaired) electrons. The summed E-state index contributed by atoms with van der Waals surface area (Å²) in [6.07, 6.45) is 6.04. The lowest BCUT2D eigenvalue weighted by atomic mass is 9.78. The molecule has 1 aliphatic carbocycles. The number of fused-ring (bicyclic) bond motifs is 1. The van der Waals surface area contributed by atoms with Crippen LogP contribution in [-0.4, -0.2) is 35.7 Å². The number of hydrogen-bond donors (Lipinski definition) is 1. The molecule has 1 saturated carbocycles. The van der Waals surface area contributed by atoms with Gasteiger partial charge in [-0.3, -0.25) is 9.35 Å². The van der Waals surface area contributed by atoms with E-state index in [9.17, 15) is 13.2 Å². The lowest BCUT2D eigenvalue weighted by molar-refractivity contribution is 0.0948. The van der Waals surface area contributed by atoms with E-state index in [1.54, 1.807) is 0 Å². The number of carbonyl (C=O) groups excluding carboxylic acids is 1. The minimum absolute atomic E-state index is 0.0249. The zero-order valence-corrected chi connectivity index (χ0v) is 9.95. The molecule has 1 aliphatic heterocycles. The summed E-state index contributed by atoms with van der Waals surface area (Å²) in [5, 5.41) is -1.11. The highest BCUT2D eigenvalue weighted by Gasteiger charge is 2.39. The standard InChI is InChI=1S/C10H17NO4S/c12-10(16(13,14)15)11-7-3-5-8-4-1-2-6-9(8)11/h8-9H,1-7H2,(H,13,14,15). The predicted octanol–water partition coefficient (Wildman–Crippen LogP) is 1.65. The van der Waals surface area contributed by atoms with Gasteiger partial charge in [0.2, 0.25) is 0 Å². The number of rotatable bonds is 0. The third-order valence-electron chi connectivity index (χ3n) is 3.70. The van der Waals surface area contributed by atoms with E-state index in [-0.39, 0.29) is 6.04 Å². The minimum atomic E-state index is -4.57.